The van der Waals surface area contributed by atoms with Gasteiger partial charge in [0.2, 0.25) is 0 Å². The van der Waals surface area contributed by atoms with Crippen LogP contribution in [0.3, 0.4) is 0 Å². The van der Waals surface area contributed by atoms with Crippen molar-refractivity contribution in [2.45, 2.75) is 12.5 Å². The third-order valence-electron chi connectivity index (χ3n) is 1.47. The Morgan fingerprint density at radius 3 is 2.77 bits per heavy atom. The van der Waals surface area contributed by atoms with Crippen LogP contribution >= 0.6 is 11.3 Å². The summed E-state index contributed by atoms with van der Waals surface area (Å²) < 4.78 is 12.8. The van der Waals surface area contributed by atoms with Crippen LogP contribution in [-0.2, 0) is 11.2 Å². The molecule has 0 radical (unpaired) electrons. The molecule has 0 bridgehead atoms. The minimum absolute atomic E-state index is 0. The number of carboxylic acid groups (broad SMARTS) is 1. The van der Waals surface area contributed by atoms with Crippen molar-refractivity contribution in [1.29, 1.82) is 0 Å². The van der Waals surface area contributed by atoms with Crippen LogP contribution in [0.25, 0.3) is 0 Å². The normalized spacial score (nSPS) is 11.8. The standard InChI is InChI=1S/C7H8FNO2S.ClH/c8-4-1-2-12-6(4)3-5(9)7(10)11;/h1-2,5H,3,9H2,(H,10,11);1H. The maximum absolute atomic E-state index is 12.8. The molecule has 0 amide bonds. The van der Waals surface area contributed by atoms with Crippen molar-refractivity contribution in [2.75, 3.05) is 0 Å². The predicted octanol–water partition coefficient (Wildman–Crippen LogP) is -2.87. The first-order valence-corrected chi connectivity index (χ1v) is 4.27. The lowest BCUT2D eigenvalue weighted by molar-refractivity contribution is -0.407. The highest BCUT2D eigenvalue weighted by Crippen LogP contribution is 2.15. The highest BCUT2D eigenvalue weighted by Gasteiger charge is 2.18. The van der Waals surface area contributed by atoms with Crippen LogP contribution in [0.2, 0.25) is 0 Å². The van der Waals surface area contributed by atoms with E-state index in [1.165, 1.54) is 17.4 Å². The van der Waals surface area contributed by atoms with E-state index in [0.717, 1.165) is 0 Å². The Morgan fingerprint density at radius 2 is 2.38 bits per heavy atom. The average molecular weight is 226 g/mol. The van der Waals surface area contributed by atoms with Gasteiger partial charge in [-0.05, 0) is 11.4 Å². The molecule has 0 aliphatic heterocycles. The van der Waals surface area contributed by atoms with Gasteiger partial charge in [-0.1, -0.05) is 0 Å². The van der Waals surface area contributed by atoms with Gasteiger partial charge in [0.05, 0.1) is 0 Å². The molecule has 1 heterocycles. The molecule has 13 heavy (non-hydrogen) atoms. The fraction of sp³-hybridized carbons (Fsp3) is 0.286. The number of thiophene rings is 1. The van der Waals surface area contributed by atoms with Crippen LogP contribution in [-0.4, -0.2) is 17.1 Å². The van der Waals surface area contributed by atoms with Gasteiger partial charge in [-0.15, -0.1) is 11.3 Å². The first-order valence-electron chi connectivity index (χ1n) is 3.39. The largest absolute Gasteiger partial charge is 1.00 e. The molecule has 1 rings (SSSR count). The number of hydrogen-bond acceptors (Lipinski definition) is 2. The van der Waals surface area contributed by atoms with Crippen molar-refractivity contribution < 1.29 is 32.4 Å². The zero-order valence-electron chi connectivity index (χ0n) is 6.67. The van der Waals surface area contributed by atoms with E-state index in [9.17, 15) is 9.18 Å². The minimum Gasteiger partial charge on any atom is -1.00 e. The lowest BCUT2D eigenvalue weighted by atomic mass is 10.2. The summed E-state index contributed by atoms with van der Waals surface area (Å²) >= 11 is 1.22. The van der Waals surface area contributed by atoms with Gasteiger partial charge in [0.25, 0.3) is 0 Å². The molecular formula is C7H9ClFNO2S. The molecule has 6 heteroatoms. The molecule has 0 saturated heterocycles. The molecule has 4 N–H and O–H groups in total. The Labute approximate surface area is 84.8 Å². The lowest BCUT2D eigenvalue weighted by Crippen LogP contribution is -3.00. The Bertz CT molecular complexity index is 292. The van der Waals surface area contributed by atoms with E-state index < -0.39 is 12.0 Å². The number of quaternary nitrogens is 1. The molecule has 0 aromatic carbocycles. The maximum Gasteiger partial charge on any atom is 0.362 e. The molecule has 0 fully saturated rings. The number of aliphatic carboxylic acids is 1. The molecule has 0 aliphatic rings. The van der Waals surface area contributed by atoms with E-state index in [1.807, 2.05) is 0 Å². The third-order valence-corrected chi connectivity index (χ3v) is 2.39. The summed E-state index contributed by atoms with van der Waals surface area (Å²) in [7, 11) is 0. The molecular weight excluding hydrogens is 217 g/mol. The quantitative estimate of drug-likeness (QED) is 0.581. The summed E-state index contributed by atoms with van der Waals surface area (Å²) in [5.74, 6) is -1.34. The SMILES string of the molecule is [Cl-].[NH3+]C(Cc1sccc1F)C(=O)O. The van der Waals surface area contributed by atoms with Crippen molar-refractivity contribution >= 4 is 17.3 Å². The zero-order valence-corrected chi connectivity index (χ0v) is 8.24. The maximum atomic E-state index is 12.8. The van der Waals surface area contributed by atoms with Gasteiger partial charge >= 0.3 is 5.97 Å². The summed E-state index contributed by atoms with van der Waals surface area (Å²) in [6.07, 6.45) is 0.166. The van der Waals surface area contributed by atoms with E-state index >= 15 is 0 Å². The van der Waals surface area contributed by atoms with Gasteiger partial charge < -0.3 is 23.2 Å². The molecule has 1 aromatic heterocycles. The summed E-state index contributed by atoms with van der Waals surface area (Å²) in [6, 6.07) is 0.562. The van der Waals surface area contributed by atoms with Crippen LogP contribution in [0.1, 0.15) is 4.88 Å². The second kappa shape index (κ2) is 5.16. The molecule has 1 unspecified atom stereocenters. The Balaban J connectivity index is 0.00000144. The highest BCUT2D eigenvalue weighted by molar-refractivity contribution is 7.09. The smallest absolute Gasteiger partial charge is 0.362 e. The van der Waals surface area contributed by atoms with Crippen LogP contribution in [0.4, 0.5) is 4.39 Å². The van der Waals surface area contributed by atoms with E-state index in [2.05, 4.69) is 5.73 Å². The van der Waals surface area contributed by atoms with Crippen LogP contribution in [0.5, 0.6) is 0 Å². The zero-order chi connectivity index (χ0) is 9.14. The second-order valence-corrected chi connectivity index (χ2v) is 3.43. The Kier molecular flexibility index (Phi) is 4.90. The van der Waals surface area contributed by atoms with Crippen molar-refractivity contribution in [3.8, 4) is 0 Å². The number of carbonyl (C=O) groups is 1. The van der Waals surface area contributed by atoms with Gasteiger partial charge in [0.1, 0.15) is 5.82 Å². The van der Waals surface area contributed by atoms with Crippen LogP contribution in [0.15, 0.2) is 11.4 Å². The predicted molar refractivity (Wildman–Crippen MR) is 42.3 cm³/mol. The molecule has 0 aliphatic carbocycles. The first-order chi connectivity index (χ1) is 5.61. The molecule has 0 saturated carbocycles. The molecule has 1 aromatic rings. The van der Waals surface area contributed by atoms with Gasteiger partial charge in [-0.25, -0.2) is 9.18 Å². The molecule has 1 atom stereocenters. The van der Waals surface area contributed by atoms with Crippen LogP contribution in [0, 0.1) is 5.82 Å². The number of halogens is 2. The Hall–Kier alpha value is -0.650. The fourth-order valence-electron chi connectivity index (χ4n) is 0.782. The number of carboxylic acids is 1. The van der Waals surface area contributed by atoms with Crippen molar-refractivity contribution in [3.63, 3.8) is 0 Å². The molecule has 3 nitrogen and oxygen atoms in total. The summed E-state index contributed by atoms with van der Waals surface area (Å²) in [4.78, 5) is 10.8. The number of rotatable bonds is 3. The second-order valence-electron chi connectivity index (χ2n) is 2.43. The number of hydrogen-bond donors (Lipinski definition) is 2. The van der Waals surface area contributed by atoms with Crippen molar-refractivity contribution in [1.82, 2.24) is 0 Å². The topological polar surface area (TPSA) is 64.9 Å². The van der Waals surface area contributed by atoms with Gasteiger partial charge in [0, 0.05) is 11.3 Å². The average Bonchev–Trinajstić information content (AvgIpc) is 2.36. The van der Waals surface area contributed by atoms with E-state index in [4.69, 9.17) is 5.11 Å². The molecule has 74 valence electrons. The van der Waals surface area contributed by atoms with Gasteiger partial charge in [0.15, 0.2) is 6.04 Å². The first kappa shape index (κ1) is 12.3. The van der Waals surface area contributed by atoms with Crippen LogP contribution < -0.4 is 18.1 Å². The summed E-state index contributed by atoms with van der Waals surface area (Å²) in [6.45, 7) is 0. The molecule has 0 spiro atoms. The fourth-order valence-corrected chi connectivity index (χ4v) is 1.61. The lowest BCUT2D eigenvalue weighted by Gasteiger charge is -1.99. The van der Waals surface area contributed by atoms with Gasteiger partial charge in [-0.2, -0.15) is 0 Å². The highest BCUT2D eigenvalue weighted by atomic mass is 35.5. The monoisotopic (exact) mass is 225 g/mol. The van der Waals surface area contributed by atoms with E-state index in [-0.39, 0.29) is 24.6 Å². The van der Waals surface area contributed by atoms with E-state index in [1.54, 1.807) is 5.38 Å². The third kappa shape index (κ3) is 3.30. The summed E-state index contributed by atoms with van der Waals surface area (Å²) in [5.41, 5.74) is 3.39. The van der Waals surface area contributed by atoms with Gasteiger partial charge in [-0.3, -0.25) is 0 Å². The Morgan fingerprint density at radius 1 is 1.77 bits per heavy atom. The van der Waals surface area contributed by atoms with Crippen molar-refractivity contribution in [2.24, 2.45) is 0 Å². The summed E-state index contributed by atoms with van der Waals surface area (Å²) in [5, 5.41) is 10.1. The van der Waals surface area contributed by atoms with Crippen molar-refractivity contribution in [3.05, 3.63) is 22.1 Å². The van der Waals surface area contributed by atoms with E-state index in [0.29, 0.717) is 4.88 Å². The minimum atomic E-state index is -0.997.